The van der Waals surface area contributed by atoms with Crippen LogP contribution in [0.15, 0.2) is 0 Å². The van der Waals surface area contributed by atoms with Gasteiger partial charge in [0, 0.05) is 18.0 Å². The highest BCUT2D eigenvalue weighted by molar-refractivity contribution is 6.03. The van der Waals surface area contributed by atoms with Crippen molar-refractivity contribution in [2.45, 2.75) is 66.3 Å². The molecule has 132 valence electrons. The molecule has 5 nitrogen and oxygen atoms in total. The Balaban J connectivity index is 2.58. The van der Waals surface area contributed by atoms with Crippen LogP contribution in [-0.2, 0) is 28.9 Å². The molecule has 0 radical (unpaired) electrons. The lowest BCUT2D eigenvalue weighted by atomic mass is 9.93. The van der Waals surface area contributed by atoms with E-state index in [0.717, 1.165) is 24.1 Å². The van der Waals surface area contributed by atoms with Gasteiger partial charge < -0.3 is 9.30 Å². The third-order valence-electron chi connectivity index (χ3n) is 4.86. The maximum Gasteiger partial charge on any atom is 0.340 e. The van der Waals surface area contributed by atoms with Crippen LogP contribution in [0.1, 0.15) is 79.1 Å². The lowest BCUT2D eigenvalue weighted by Gasteiger charge is -2.16. The van der Waals surface area contributed by atoms with Gasteiger partial charge in [-0.2, -0.15) is 0 Å². The first kappa shape index (κ1) is 18.4. The molecule has 1 unspecified atom stereocenters. The molecule has 0 spiro atoms. The zero-order valence-corrected chi connectivity index (χ0v) is 15.1. The summed E-state index contributed by atoms with van der Waals surface area (Å²) in [6.45, 7) is 8.04. The predicted octanol–water partition coefficient (Wildman–Crippen LogP) is 3.36. The fourth-order valence-electron chi connectivity index (χ4n) is 3.36. The van der Waals surface area contributed by atoms with E-state index in [1.807, 2.05) is 20.8 Å². The van der Waals surface area contributed by atoms with Crippen LogP contribution < -0.4 is 0 Å². The number of carbonyl (C=O) groups excluding carboxylic acids is 3. The highest BCUT2D eigenvalue weighted by Gasteiger charge is 2.33. The second-order valence-corrected chi connectivity index (χ2v) is 6.36. The Bertz CT molecular complexity index is 657. The number of Topliss-reactive ketones (excluding diaryl/α,β-unsaturated/α-hetero) is 2. The number of ether oxygens (including phenoxy) is 1. The second kappa shape index (κ2) is 7.77. The van der Waals surface area contributed by atoms with Gasteiger partial charge in [-0.1, -0.05) is 20.8 Å². The van der Waals surface area contributed by atoms with Crippen LogP contribution >= 0.6 is 0 Å². The minimum Gasteiger partial charge on any atom is -0.462 e. The summed E-state index contributed by atoms with van der Waals surface area (Å²) in [6, 6.07) is 0. The molecule has 0 bridgehead atoms. The summed E-state index contributed by atoms with van der Waals surface area (Å²) in [5.74, 6) is -0.315. The topological polar surface area (TPSA) is 65.4 Å². The molecule has 2 rings (SSSR count). The summed E-state index contributed by atoms with van der Waals surface area (Å²) in [7, 11) is 0. The number of esters is 1. The van der Waals surface area contributed by atoms with Crippen LogP contribution in [0.5, 0.6) is 0 Å². The van der Waals surface area contributed by atoms with Gasteiger partial charge >= 0.3 is 5.97 Å². The number of aromatic nitrogens is 1. The minimum atomic E-state index is -0.380. The normalized spacial score (nSPS) is 15.1. The molecule has 0 amide bonds. The van der Waals surface area contributed by atoms with Crippen LogP contribution in [0.25, 0.3) is 0 Å². The van der Waals surface area contributed by atoms with Crippen molar-refractivity contribution in [3.8, 4) is 0 Å². The van der Waals surface area contributed by atoms with Crippen LogP contribution in [-0.4, -0.2) is 28.7 Å². The molecule has 5 heteroatoms. The summed E-state index contributed by atoms with van der Waals surface area (Å²) in [4.78, 5) is 37.4. The van der Waals surface area contributed by atoms with Gasteiger partial charge in [0.2, 0.25) is 0 Å². The molecule has 0 N–H and O–H groups in total. The lowest BCUT2D eigenvalue weighted by Crippen LogP contribution is -2.23. The van der Waals surface area contributed by atoms with Crippen LogP contribution in [0.2, 0.25) is 0 Å². The van der Waals surface area contributed by atoms with E-state index in [0.29, 0.717) is 37.1 Å². The van der Waals surface area contributed by atoms with Crippen molar-refractivity contribution in [2.24, 2.45) is 5.92 Å². The summed E-state index contributed by atoms with van der Waals surface area (Å²) in [5.41, 5.74) is 2.60. The molecular formula is C19H27NO4. The summed E-state index contributed by atoms with van der Waals surface area (Å²) >= 11 is 0. The van der Waals surface area contributed by atoms with Crippen molar-refractivity contribution in [3.05, 3.63) is 22.5 Å². The first-order valence-electron chi connectivity index (χ1n) is 8.93. The number of nitrogens with zero attached hydrogens (tertiary/aromatic N) is 1. The maximum atomic E-state index is 12.5. The first-order valence-corrected chi connectivity index (χ1v) is 8.93. The maximum absolute atomic E-state index is 12.5. The van der Waals surface area contributed by atoms with Crippen LogP contribution in [0.4, 0.5) is 0 Å². The monoisotopic (exact) mass is 333 g/mol. The molecule has 0 aliphatic heterocycles. The van der Waals surface area contributed by atoms with E-state index in [-0.39, 0.29) is 30.0 Å². The minimum absolute atomic E-state index is 0.0263. The highest BCUT2D eigenvalue weighted by atomic mass is 16.5. The molecule has 0 fully saturated rings. The number of carbonyl (C=O) groups is 3. The van der Waals surface area contributed by atoms with E-state index in [1.54, 1.807) is 11.5 Å². The third kappa shape index (κ3) is 3.30. The molecule has 1 atom stereocenters. The van der Waals surface area contributed by atoms with Gasteiger partial charge in [-0.3, -0.25) is 9.59 Å². The largest absolute Gasteiger partial charge is 0.462 e. The average Bonchev–Trinajstić information content (AvgIpc) is 2.88. The van der Waals surface area contributed by atoms with E-state index in [1.165, 1.54) is 0 Å². The van der Waals surface area contributed by atoms with Crippen molar-refractivity contribution in [1.82, 2.24) is 4.57 Å². The average molecular weight is 333 g/mol. The Morgan fingerprint density at radius 2 is 1.92 bits per heavy atom. The zero-order valence-electron chi connectivity index (χ0n) is 15.1. The molecule has 1 heterocycles. The highest BCUT2D eigenvalue weighted by Crippen LogP contribution is 2.31. The predicted molar refractivity (Wildman–Crippen MR) is 91.5 cm³/mol. The quantitative estimate of drug-likeness (QED) is 0.718. The van der Waals surface area contributed by atoms with Crippen molar-refractivity contribution in [3.63, 3.8) is 0 Å². The van der Waals surface area contributed by atoms with Crippen molar-refractivity contribution in [1.29, 1.82) is 0 Å². The molecule has 1 aromatic rings. The Labute approximate surface area is 143 Å². The number of ketones is 2. The van der Waals surface area contributed by atoms with Crippen molar-refractivity contribution >= 4 is 17.5 Å². The van der Waals surface area contributed by atoms with Gasteiger partial charge in [0.05, 0.1) is 24.4 Å². The fourth-order valence-corrected chi connectivity index (χ4v) is 3.36. The Morgan fingerprint density at radius 1 is 1.21 bits per heavy atom. The van der Waals surface area contributed by atoms with E-state index in [2.05, 4.69) is 0 Å². The number of hydrogen-bond donors (Lipinski definition) is 0. The van der Waals surface area contributed by atoms with Gasteiger partial charge in [-0.25, -0.2) is 4.79 Å². The molecule has 1 aliphatic rings. The third-order valence-corrected chi connectivity index (χ3v) is 4.86. The Morgan fingerprint density at radius 3 is 2.50 bits per heavy atom. The van der Waals surface area contributed by atoms with E-state index in [4.69, 9.17) is 4.74 Å². The molecule has 0 saturated carbocycles. The molecule has 24 heavy (non-hydrogen) atoms. The lowest BCUT2D eigenvalue weighted by molar-refractivity contribution is -0.123. The van der Waals surface area contributed by atoms with Crippen molar-refractivity contribution in [2.75, 3.05) is 6.61 Å². The number of fused-ring (bicyclic) bond motifs is 1. The Kier molecular flexibility index (Phi) is 5.97. The molecular weight excluding hydrogens is 306 g/mol. The van der Waals surface area contributed by atoms with Gasteiger partial charge in [0.25, 0.3) is 0 Å². The van der Waals surface area contributed by atoms with E-state index in [9.17, 15) is 14.4 Å². The smallest absolute Gasteiger partial charge is 0.340 e. The molecule has 1 aromatic heterocycles. The fraction of sp³-hybridized carbons (Fsp3) is 0.632. The Hall–Kier alpha value is -1.91. The SMILES string of the molecule is CCOC(=O)c1c2c(n(CC(=O)C(C)CC)c1CC)C(=O)CCC2. The van der Waals surface area contributed by atoms with E-state index >= 15 is 0 Å². The number of rotatable bonds is 7. The van der Waals surface area contributed by atoms with Crippen LogP contribution in [0.3, 0.4) is 0 Å². The zero-order chi connectivity index (χ0) is 17.9. The first-order chi connectivity index (χ1) is 11.5. The van der Waals surface area contributed by atoms with Crippen molar-refractivity contribution < 1.29 is 19.1 Å². The molecule has 1 aliphatic carbocycles. The summed E-state index contributed by atoms with van der Waals surface area (Å²) in [5, 5.41) is 0. The standard InChI is InChI=1S/C19H27NO4/c1-5-12(4)16(22)11-20-14(6-2)17(19(23)24-7-3)13-9-8-10-15(21)18(13)20/h12H,5-11H2,1-4H3. The molecule has 0 aromatic carbocycles. The van der Waals surface area contributed by atoms with Gasteiger partial charge in [-0.15, -0.1) is 0 Å². The van der Waals surface area contributed by atoms with Crippen LogP contribution in [0, 0.1) is 5.92 Å². The summed E-state index contributed by atoms with van der Waals surface area (Å²) in [6.07, 6.45) is 3.25. The van der Waals surface area contributed by atoms with Gasteiger partial charge in [0.15, 0.2) is 11.6 Å². The second-order valence-electron chi connectivity index (χ2n) is 6.36. The number of hydrogen-bond acceptors (Lipinski definition) is 4. The summed E-state index contributed by atoms with van der Waals surface area (Å²) < 4.78 is 7.00. The molecule has 0 saturated heterocycles. The van der Waals surface area contributed by atoms with Gasteiger partial charge in [0.1, 0.15) is 0 Å². The van der Waals surface area contributed by atoms with E-state index < -0.39 is 0 Å². The van der Waals surface area contributed by atoms with Gasteiger partial charge in [-0.05, 0) is 38.2 Å².